The van der Waals surface area contributed by atoms with Gasteiger partial charge in [0.05, 0.1) is 40.2 Å². The standard InChI is InChI=1S/C43H44F3N9O5/c44-43(45,46)34-18-30(2-1-28(34)19-47)52-15-11-27(12-16-52)38(57)49-36-7-4-31(20-48-36)53-13-9-26(10-14-53)21-51-22-42(23-51)24-54(25-42)29-3-5-32-33(17-29)41(60)55(40(32)59)35-6-8-37(56)50-39(35)58/h1-5,7,17-18,20,26-27,35H,6,8-16,21-25H2,(H,48,49,57)(H,50,56,58). The molecule has 2 N–H and O–H groups in total. The lowest BCUT2D eigenvalue weighted by atomic mass is 9.72. The van der Waals surface area contributed by atoms with E-state index in [-0.39, 0.29) is 35.6 Å². The number of fused-ring (bicyclic) bond motifs is 1. The van der Waals surface area contributed by atoms with Crippen molar-refractivity contribution in [1.82, 2.24) is 20.1 Å². The molecule has 0 bridgehead atoms. The number of rotatable bonds is 8. The number of pyridine rings is 1. The van der Waals surface area contributed by atoms with Gasteiger partial charge in [-0.15, -0.1) is 0 Å². The predicted molar refractivity (Wildman–Crippen MR) is 213 cm³/mol. The maximum absolute atomic E-state index is 13.5. The molecule has 5 fully saturated rings. The van der Waals surface area contributed by atoms with Crippen molar-refractivity contribution < 1.29 is 37.1 Å². The van der Waals surface area contributed by atoms with Crippen LogP contribution in [0.1, 0.15) is 70.4 Å². The fourth-order valence-corrected chi connectivity index (χ4v) is 9.91. The molecule has 2 aromatic carbocycles. The first kappa shape index (κ1) is 39.4. The van der Waals surface area contributed by atoms with Gasteiger partial charge in [0, 0.05) is 88.0 Å². The summed E-state index contributed by atoms with van der Waals surface area (Å²) >= 11 is 0. The number of piperidine rings is 3. The molecule has 0 aliphatic carbocycles. The third-order valence-corrected chi connectivity index (χ3v) is 13.1. The zero-order valence-corrected chi connectivity index (χ0v) is 32.8. The Balaban J connectivity index is 0.693. The van der Waals surface area contributed by atoms with E-state index in [1.165, 1.54) is 12.1 Å². The molecule has 1 aromatic heterocycles. The summed E-state index contributed by atoms with van der Waals surface area (Å²) in [6.07, 6.45) is 0.450. The van der Waals surface area contributed by atoms with Crippen LogP contribution < -0.4 is 25.3 Å². The van der Waals surface area contributed by atoms with Crippen molar-refractivity contribution in [2.75, 3.05) is 78.9 Å². The topological polar surface area (TPSA) is 162 Å². The minimum Gasteiger partial charge on any atom is -0.371 e. The van der Waals surface area contributed by atoms with Crippen LogP contribution >= 0.6 is 0 Å². The minimum absolute atomic E-state index is 0.0823. The summed E-state index contributed by atoms with van der Waals surface area (Å²) in [5, 5.41) is 14.2. The number of aromatic nitrogens is 1. The van der Waals surface area contributed by atoms with E-state index in [9.17, 15) is 37.1 Å². The van der Waals surface area contributed by atoms with Crippen molar-refractivity contribution in [3.63, 3.8) is 0 Å². The van der Waals surface area contributed by atoms with Crippen molar-refractivity contribution in [2.45, 2.75) is 50.7 Å². The third-order valence-electron chi connectivity index (χ3n) is 13.1. The fourth-order valence-electron chi connectivity index (χ4n) is 9.91. The number of imide groups is 2. The van der Waals surface area contributed by atoms with E-state index in [0.717, 1.165) is 81.0 Å². The van der Waals surface area contributed by atoms with Crippen molar-refractivity contribution in [3.05, 3.63) is 77.0 Å². The molecule has 1 unspecified atom stereocenters. The molecule has 6 aliphatic heterocycles. The molecule has 1 spiro atoms. The highest BCUT2D eigenvalue weighted by molar-refractivity contribution is 6.23. The van der Waals surface area contributed by atoms with Gasteiger partial charge in [-0.25, -0.2) is 4.98 Å². The second-order valence-corrected chi connectivity index (χ2v) is 17.1. The van der Waals surface area contributed by atoms with E-state index in [0.29, 0.717) is 48.9 Å². The quantitative estimate of drug-likeness (QED) is 0.313. The molecule has 14 nitrogen and oxygen atoms in total. The number of carbonyl (C=O) groups is 5. The summed E-state index contributed by atoms with van der Waals surface area (Å²) in [5.74, 6) is -1.42. The Morgan fingerprint density at radius 1 is 0.817 bits per heavy atom. The summed E-state index contributed by atoms with van der Waals surface area (Å²) in [7, 11) is 0. The zero-order valence-electron chi connectivity index (χ0n) is 32.8. The van der Waals surface area contributed by atoms with Gasteiger partial charge in [0.15, 0.2) is 0 Å². The molecule has 312 valence electrons. The summed E-state index contributed by atoms with van der Waals surface area (Å²) in [5.41, 5.74) is 1.71. The first-order valence-corrected chi connectivity index (χ1v) is 20.5. The van der Waals surface area contributed by atoms with Crippen LogP contribution in [0.25, 0.3) is 0 Å². The Morgan fingerprint density at radius 2 is 1.47 bits per heavy atom. The highest BCUT2D eigenvalue weighted by atomic mass is 19.4. The van der Waals surface area contributed by atoms with Crippen LogP contribution in [0.3, 0.4) is 0 Å². The Labute approximate surface area is 344 Å². The molecule has 0 saturated carbocycles. The normalized spacial score (nSPS) is 22.3. The first-order valence-electron chi connectivity index (χ1n) is 20.5. The monoisotopic (exact) mass is 823 g/mol. The SMILES string of the molecule is N#Cc1ccc(N2CCC(C(=O)Nc3ccc(N4CCC(CN5CC6(C5)CN(c5ccc7c(c5)C(=O)N(C5CCC(=O)NC5=O)C7=O)C6)CC4)cn3)CC2)cc1C(F)(F)F. The number of amides is 5. The summed E-state index contributed by atoms with van der Waals surface area (Å²) in [4.78, 5) is 77.9. The minimum atomic E-state index is -4.63. The van der Waals surface area contributed by atoms with Crippen molar-refractivity contribution in [1.29, 1.82) is 5.26 Å². The average molecular weight is 824 g/mol. The molecule has 17 heteroatoms. The number of nitrogens with one attached hydrogen (secondary N) is 2. The van der Waals surface area contributed by atoms with Crippen LogP contribution in [0.2, 0.25) is 0 Å². The van der Waals surface area contributed by atoms with Gasteiger partial charge < -0.3 is 24.9 Å². The maximum atomic E-state index is 13.5. The zero-order chi connectivity index (χ0) is 41.9. The van der Waals surface area contributed by atoms with E-state index in [2.05, 4.69) is 30.3 Å². The number of anilines is 4. The van der Waals surface area contributed by atoms with Gasteiger partial charge in [-0.05, 0) is 86.6 Å². The Hall–Kier alpha value is -6.02. The summed E-state index contributed by atoms with van der Waals surface area (Å²) < 4.78 is 40.4. The van der Waals surface area contributed by atoms with Gasteiger partial charge >= 0.3 is 6.18 Å². The lowest BCUT2D eigenvalue weighted by molar-refractivity contribution is -0.138. The highest BCUT2D eigenvalue weighted by Gasteiger charge is 2.52. The molecular weight excluding hydrogens is 780 g/mol. The number of carbonyl (C=O) groups excluding carboxylic acids is 5. The molecule has 7 heterocycles. The molecule has 3 aromatic rings. The molecule has 5 amide bonds. The maximum Gasteiger partial charge on any atom is 0.417 e. The molecule has 9 rings (SSSR count). The van der Waals surface area contributed by atoms with Crippen LogP contribution in [0.15, 0.2) is 54.7 Å². The molecular formula is C43H44F3N9O5. The van der Waals surface area contributed by atoms with Gasteiger partial charge in [0.1, 0.15) is 11.9 Å². The second-order valence-electron chi connectivity index (χ2n) is 17.1. The number of alkyl halides is 3. The predicted octanol–water partition coefficient (Wildman–Crippen LogP) is 4.27. The number of likely N-dealkylation sites (tertiary alicyclic amines) is 1. The lowest BCUT2D eigenvalue weighted by Crippen LogP contribution is -2.72. The Kier molecular flexibility index (Phi) is 10.0. The van der Waals surface area contributed by atoms with Gasteiger partial charge in [0.2, 0.25) is 17.7 Å². The number of benzene rings is 2. The smallest absolute Gasteiger partial charge is 0.371 e. The lowest BCUT2D eigenvalue weighted by Gasteiger charge is -2.61. The summed E-state index contributed by atoms with van der Waals surface area (Å²) in [6, 6.07) is 13.4. The number of nitriles is 1. The number of halogens is 3. The van der Waals surface area contributed by atoms with Gasteiger partial charge in [-0.3, -0.25) is 34.2 Å². The fraction of sp³-hybridized carbons (Fsp3) is 0.465. The van der Waals surface area contributed by atoms with E-state index < -0.39 is 47.0 Å². The van der Waals surface area contributed by atoms with Crippen LogP contribution in [0, 0.1) is 28.6 Å². The van der Waals surface area contributed by atoms with Gasteiger partial charge in [0.25, 0.3) is 11.8 Å². The highest BCUT2D eigenvalue weighted by Crippen LogP contribution is 2.44. The summed E-state index contributed by atoms with van der Waals surface area (Å²) in [6.45, 7) is 7.49. The van der Waals surface area contributed by atoms with E-state index in [1.807, 2.05) is 23.1 Å². The molecule has 60 heavy (non-hydrogen) atoms. The van der Waals surface area contributed by atoms with Gasteiger partial charge in [-0.1, -0.05) is 0 Å². The molecule has 0 radical (unpaired) electrons. The third kappa shape index (κ3) is 7.41. The second kappa shape index (κ2) is 15.2. The number of hydrogen-bond donors (Lipinski definition) is 2. The number of nitrogens with zero attached hydrogens (tertiary/aromatic N) is 7. The first-order chi connectivity index (χ1) is 28.8. The van der Waals surface area contributed by atoms with Crippen LogP contribution in [0.4, 0.5) is 36.1 Å². The van der Waals surface area contributed by atoms with Crippen LogP contribution in [0.5, 0.6) is 0 Å². The van der Waals surface area contributed by atoms with Crippen molar-refractivity contribution in [2.24, 2.45) is 17.3 Å². The Morgan fingerprint density at radius 3 is 2.13 bits per heavy atom. The molecule has 6 aliphatic rings. The van der Waals surface area contributed by atoms with Crippen LogP contribution in [-0.2, 0) is 20.6 Å². The van der Waals surface area contributed by atoms with Gasteiger partial charge in [-0.2, -0.15) is 18.4 Å². The average Bonchev–Trinajstić information content (AvgIpc) is 3.46. The van der Waals surface area contributed by atoms with Crippen molar-refractivity contribution in [3.8, 4) is 6.07 Å². The van der Waals surface area contributed by atoms with E-state index >= 15 is 0 Å². The van der Waals surface area contributed by atoms with E-state index in [1.54, 1.807) is 24.4 Å². The Bertz CT molecular complexity index is 2280. The largest absolute Gasteiger partial charge is 0.417 e. The van der Waals surface area contributed by atoms with E-state index in [4.69, 9.17) is 5.26 Å². The van der Waals surface area contributed by atoms with Crippen LogP contribution in [-0.4, -0.2) is 109 Å². The van der Waals surface area contributed by atoms with Crippen molar-refractivity contribution >= 4 is 52.4 Å². The number of hydrogen-bond acceptors (Lipinski definition) is 11. The molecule has 1 atom stereocenters. The molecule has 5 saturated heterocycles.